The molecule has 0 aromatic heterocycles. The zero-order valence-electron chi connectivity index (χ0n) is 17.1. The van der Waals surface area contributed by atoms with Crippen LogP contribution in [-0.4, -0.2) is 54.0 Å². The van der Waals surface area contributed by atoms with Gasteiger partial charge in [0.05, 0.1) is 13.2 Å². The number of esters is 2. The normalized spacial score (nSPS) is 14.7. The molecule has 8 heteroatoms. The highest BCUT2D eigenvalue weighted by Crippen LogP contribution is 2.27. The summed E-state index contributed by atoms with van der Waals surface area (Å²) in [5.74, 6) is -1.11. The van der Waals surface area contributed by atoms with E-state index in [9.17, 15) is 9.59 Å². The Morgan fingerprint density at radius 2 is 1.08 bits per heavy atom. The fourth-order valence-electron chi connectivity index (χ4n) is 2.57. The Balaban J connectivity index is 5.82. The Morgan fingerprint density at radius 3 is 1.36 bits per heavy atom. The molecule has 0 saturated heterocycles. The molecule has 0 heterocycles. The van der Waals surface area contributed by atoms with Crippen molar-refractivity contribution < 1.29 is 27.9 Å². The molecule has 0 N–H and O–H groups in total. The smallest absolute Gasteiger partial charge is 0.337 e. The highest BCUT2D eigenvalue weighted by molar-refractivity contribution is 6.73. The first-order chi connectivity index (χ1) is 11.6. The summed E-state index contributed by atoms with van der Waals surface area (Å²) in [5.41, 5.74) is 0. The van der Waals surface area contributed by atoms with Crippen LogP contribution >= 0.6 is 0 Å². The van der Waals surface area contributed by atoms with Crippen LogP contribution in [0.3, 0.4) is 0 Å². The van der Waals surface area contributed by atoms with Gasteiger partial charge in [0.2, 0.25) is 0 Å². The van der Waals surface area contributed by atoms with Crippen LogP contribution in [0.25, 0.3) is 0 Å². The van der Waals surface area contributed by atoms with Gasteiger partial charge in [0, 0.05) is 0 Å². The number of rotatable bonds is 12. The summed E-state index contributed by atoms with van der Waals surface area (Å²) in [6.45, 7) is 16.0. The van der Waals surface area contributed by atoms with Crippen molar-refractivity contribution in [2.45, 2.75) is 84.6 Å². The molecule has 0 aliphatic heterocycles. The molecule has 0 amide bonds. The molecule has 0 radical (unpaired) electrons. The van der Waals surface area contributed by atoms with Crippen LogP contribution in [-0.2, 0) is 27.9 Å². The maximum absolute atomic E-state index is 12.6. The Labute approximate surface area is 154 Å². The van der Waals surface area contributed by atoms with Crippen molar-refractivity contribution in [3.63, 3.8) is 0 Å². The van der Waals surface area contributed by atoms with Gasteiger partial charge in [-0.2, -0.15) is 0 Å². The van der Waals surface area contributed by atoms with E-state index in [-0.39, 0.29) is 13.2 Å². The maximum atomic E-state index is 12.6. The van der Waals surface area contributed by atoms with Crippen molar-refractivity contribution in [1.29, 1.82) is 0 Å². The van der Waals surface area contributed by atoms with E-state index in [1.807, 2.05) is 19.6 Å². The fraction of sp³-hybridized carbons (Fsp3) is 0.882. The van der Waals surface area contributed by atoms with E-state index in [2.05, 4.69) is 20.8 Å². The predicted octanol–water partition coefficient (Wildman–Crippen LogP) is 3.72. The van der Waals surface area contributed by atoms with Gasteiger partial charge in [-0.1, -0.05) is 20.8 Å². The van der Waals surface area contributed by atoms with Crippen LogP contribution in [0.1, 0.15) is 34.6 Å². The van der Waals surface area contributed by atoms with Gasteiger partial charge in [0.1, 0.15) is 0 Å². The highest BCUT2D eigenvalue weighted by atomic mass is 28.4. The number of hydrogen-bond acceptors (Lipinski definition) is 6. The lowest BCUT2D eigenvalue weighted by Crippen LogP contribution is -2.54. The monoisotopic (exact) mass is 392 g/mol. The molecular formula is C17H36O6Si2. The molecule has 6 nitrogen and oxygen atoms in total. The molecule has 148 valence electrons. The van der Waals surface area contributed by atoms with Gasteiger partial charge in [-0.25, -0.2) is 9.59 Å². The first-order valence-electron chi connectivity index (χ1n) is 9.28. The van der Waals surface area contributed by atoms with Gasteiger partial charge in [0.15, 0.2) is 28.8 Å². The number of ether oxygens (including phenoxy) is 2. The van der Waals surface area contributed by atoms with Gasteiger partial charge in [-0.15, -0.1) is 0 Å². The molecule has 0 aliphatic rings. The van der Waals surface area contributed by atoms with Gasteiger partial charge in [-0.3, -0.25) is 0 Å². The quantitative estimate of drug-likeness (QED) is 0.372. The molecule has 0 aliphatic carbocycles. The topological polar surface area (TPSA) is 71.1 Å². The van der Waals surface area contributed by atoms with E-state index < -0.39 is 40.8 Å². The Hall–Kier alpha value is -0.706. The molecule has 0 bridgehead atoms. The molecule has 0 saturated carbocycles. The fourth-order valence-corrected chi connectivity index (χ4v) is 6.31. The summed E-state index contributed by atoms with van der Waals surface area (Å²) in [6, 6.07) is 2.58. The third kappa shape index (κ3) is 8.02. The Morgan fingerprint density at radius 1 is 0.720 bits per heavy atom. The second kappa shape index (κ2) is 11.1. The van der Waals surface area contributed by atoms with Crippen molar-refractivity contribution in [2.24, 2.45) is 0 Å². The van der Waals surface area contributed by atoms with E-state index in [1.54, 1.807) is 13.8 Å². The van der Waals surface area contributed by atoms with Crippen LogP contribution in [0.4, 0.5) is 0 Å². The van der Waals surface area contributed by atoms with E-state index in [0.717, 1.165) is 18.1 Å². The molecule has 0 aromatic carbocycles. The molecule has 0 aromatic rings. The molecule has 25 heavy (non-hydrogen) atoms. The third-order valence-corrected chi connectivity index (χ3v) is 9.68. The van der Waals surface area contributed by atoms with Crippen LogP contribution < -0.4 is 0 Å². The van der Waals surface area contributed by atoms with Gasteiger partial charge >= 0.3 is 11.9 Å². The first kappa shape index (κ1) is 24.3. The standard InChI is InChI=1S/C17H36O6Si2/c1-9-20-16(18)14(22-24(6,7)8)15(17(19)21-10-2)23-25(11-3,12-4)13-5/h14-15H,9-13H2,1-8H3. The Kier molecular flexibility index (Phi) is 10.8. The summed E-state index contributed by atoms with van der Waals surface area (Å²) < 4.78 is 22.7. The zero-order chi connectivity index (χ0) is 19.7. The van der Waals surface area contributed by atoms with Crippen molar-refractivity contribution in [2.75, 3.05) is 13.2 Å². The summed E-state index contributed by atoms with van der Waals surface area (Å²) in [6.07, 6.45) is -2.15. The number of hydrogen-bond donors (Lipinski definition) is 0. The predicted molar refractivity (Wildman–Crippen MR) is 104 cm³/mol. The van der Waals surface area contributed by atoms with Gasteiger partial charge in [0.25, 0.3) is 0 Å². The molecule has 0 fully saturated rings. The summed E-state index contributed by atoms with van der Waals surface area (Å²) >= 11 is 0. The lowest BCUT2D eigenvalue weighted by molar-refractivity contribution is -0.169. The average molecular weight is 393 g/mol. The Bertz CT molecular complexity index is 410. The van der Waals surface area contributed by atoms with E-state index in [4.69, 9.17) is 18.3 Å². The number of carbonyl (C=O) groups is 2. The average Bonchev–Trinajstić information content (AvgIpc) is 2.54. The van der Waals surface area contributed by atoms with Crippen LogP contribution in [0.15, 0.2) is 0 Å². The maximum Gasteiger partial charge on any atom is 0.337 e. The van der Waals surface area contributed by atoms with Crippen molar-refractivity contribution >= 4 is 28.6 Å². The summed E-state index contributed by atoms with van der Waals surface area (Å²) in [4.78, 5) is 25.1. The number of carbonyl (C=O) groups excluding carboxylic acids is 2. The summed E-state index contributed by atoms with van der Waals surface area (Å²) in [7, 11) is -4.28. The van der Waals surface area contributed by atoms with E-state index >= 15 is 0 Å². The third-order valence-electron chi connectivity index (χ3n) is 4.10. The highest BCUT2D eigenvalue weighted by Gasteiger charge is 2.45. The van der Waals surface area contributed by atoms with Crippen molar-refractivity contribution in [1.82, 2.24) is 0 Å². The lowest BCUT2D eigenvalue weighted by Gasteiger charge is -2.36. The second-order valence-electron chi connectivity index (χ2n) is 6.94. The van der Waals surface area contributed by atoms with Crippen LogP contribution in [0, 0.1) is 0 Å². The molecule has 0 spiro atoms. The molecular weight excluding hydrogens is 356 g/mol. The van der Waals surface area contributed by atoms with Crippen molar-refractivity contribution in [3.8, 4) is 0 Å². The lowest BCUT2D eigenvalue weighted by atomic mass is 10.2. The SMILES string of the molecule is CCOC(=O)C(O[Si](C)(C)C)C(O[Si](CC)(CC)CC)C(=O)OCC. The minimum atomic E-state index is -2.15. The minimum Gasteiger partial charge on any atom is -0.464 e. The summed E-state index contributed by atoms with van der Waals surface area (Å²) in [5, 5.41) is 0. The van der Waals surface area contributed by atoms with Crippen LogP contribution in [0.2, 0.25) is 37.8 Å². The zero-order valence-corrected chi connectivity index (χ0v) is 19.1. The van der Waals surface area contributed by atoms with E-state index in [1.165, 1.54) is 0 Å². The van der Waals surface area contributed by atoms with Crippen LogP contribution in [0.5, 0.6) is 0 Å². The molecule has 0 rings (SSSR count). The van der Waals surface area contributed by atoms with E-state index in [0.29, 0.717) is 0 Å². The first-order valence-corrected chi connectivity index (χ1v) is 15.2. The largest absolute Gasteiger partial charge is 0.464 e. The minimum absolute atomic E-state index is 0.220. The van der Waals surface area contributed by atoms with Gasteiger partial charge < -0.3 is 18.3 Å². The second-order valence-corrected chi connectivity index (χ2v) is 16.1. The molecule has 2 atom stereocenters. The van der Waals surface area contributed by atoms with Crippen molar-refractivity contribution in [3.05, 3.63) is 0 Å². The van der Waals surface area contributed by atoms with Gasteiger partial charge in [-0.05, 0) is 51.6 Å². The molecule has 2 unspecified atom stereocenters.